The summed E-state index contributed by atoms with van der Waals surface area (Å²) in [5.41, 5.74) is 4.72. The Morgan fingerprint density at radius 2 is 1.81 bits per heavy atom. The summed E-state index contributed by atoms with van der Waals surface area (Å²) in [5.74, 6) is -0.549. The molecule has 0 bridgehead atoms. The van der Waals surface area contributed by atoms with E-state index in [9.17, 15) is 14.7 Å². The first-order chi connectivity index (χ1) is 13.0. The summed E-state index contributed by atoms with van der Waals surface area (Å²) >= 11 is 5.81. The van der Waals surface area contributed by atoms with E-state index in [0.717, 1.165) is 12.8 Å². The van der Waals surface area contributed by atoms with E-state index < -0.39 is 11.8 Å². The van der Waals surface area contributed by atoms with Gasteiger partial charge < -0.3 is 14.6 Å². The van der Waals surface area contributed by atoms with Gasteiger partial charge in [-0.25, -0.2) is 0 Å². The third-order valence-electron chi connectivity index (χ3n) is 3.67. The van der Waals surface area contributed by atoms with E-state index in [1.165, 1.54) is 31.4 Å². The number of benzene rings is 2. The number of rotatable bonds is 7. The summed E-state index contributed by atoms with van der Waals surface area (Å²) in [6.45, 7) is 2.61. The first kappa shape index (κ1) is 20.4. The molecule has 27 heavy (non-hydrogen) atoms. The first-order valence-corrected chi connectivity index (χ1v) is 8.74. The Kier molecular flexibility index (Phi) is 7.31. The molecule has 0 aromatic heterocycles. The largest absolute Gasteiger partial charge is 0.507 e. The molecular weight excluding hydrogens is 372 g/mol. The Labute approximate surface area is 162 Å². The monoisotopic (exact) mass is 392 g/mol. The summed E-state index contributed by atoms with van der Waals surface area (Å²) in [5, 5.41) is 10.00. The lowest BCUT2D eigenvalue weighted by atomic mass is 10.2. The van der Waals surface area contributed by atoms with E-state index in [2.05, 4.69) is 17.8 Å². The number of carbonyl (C=O) groups is 2. The van der Waals surface area contributed by atoms with Crippen molar-refractivity contribution in [2.24, 2.45) is 0 Å². The lowest BCUT2D eigenvalue weighted by Crippen LogP contribution is -2.41. The Morgan fingerprint density at radius 3 is 2.52 bits per heavy atom. The van der Waals surface area contributed by atoms with Crippen molar-refractivity contribution in [2.45, 2.75) is 19.8 Å². The molecule has 8 heteroatoms. The van der Waals surface area contributed by atoms with Gasteiger partial charge in [0.2, 0.25) is 0 Å². The number of aromatic hydroxyl groups is 1. The van der Waals surface area contributed by atoms with Crippen molar-refractivity contribution in [3.63, 3.8) is 0 Å². The molecule has 0 unspecified atom stereocenters. The molecule has 7 nitrogen and oxygen atoms in total. The van der Waals surface area contributed by atoms with E-state index in [1.54, 1.807) is 12.1 Å². The van der Waals surface area contributed by atoms with Gasteiger partial charge in [0.05, 0.1) is 19.3 Å². The van der Waals surface area contributed by atoms with Crippen LogP contribution in [0.25, 0.3) is 0 Å². The highest BCUT2D eigenvalue weighted by Crippen LogP contribution is 2.28. The number of hydrogen-bond donors (Lipinski definition) is 3. The van der Waals surface area contributed by atoms with Gasteiger partial charge in [0.25, 0.3) is 11.8 Å². The minimum Gasteiger partial charge on any atom is -0.507 e. The van der Waals surface area contributed by atoms with Crippen molar-refractivity contribution in [3.8, 4) is 17.2 Å². The average molecular weight is 393 g/mol. The zero-order chi connectivity index (χ0) is 19.8. The second kappa shape index (κ2) is 9.68. The molecule has 2 amide bonds. The van der Waals surface area contributed by atoms with Gasteiger partial charge in [-0.15, -0.1) is 0 Å². The van der Waals surface area contributed by atoms with Crippen LogP contribution in [0.3, 0.4) is 0 Å². The molecule has 2 rings (SSSR count). The predicted octanol–water partition coefficient (Wildman–Crippen LogP) is 3.31. The van der Waals surface area contributed by atoms with Crippen LogP contribution >= 0.6 is 11.6 Å². The van der Waals surface area contributed by atoms with E-state index in [-0.39, 0.29) is 21.9 Å². The molecule has 0 atom stereocenters. The van der Waals surface area contributed by atoms with Crippen molar-refractivity contribution in [1.82, 2.24) is 10.9 Å². The van der Waals surface area contributed by atoms with Crippen LogP contribution in [0.2, 0.25) is 5.02 Å². The maximum atomic E-state index is 12.3. The molecule has 0 spiro atoms. The van der Waals surface area contributed by atoms with Gasteiger partial charge in [0, 0.05) is 10.6 Å². The number of phenolic OH excluding ortho intramolecular Hbond substituents is 1. The molecule has 0 heterocycles. The van der Waals surface area contributed by atoms with Crippen LogP contribution in [0.5, 0.6) is 17.2 Å². The Balaban J connectivity index is 2.03. The van der Waals surface area contributed by atoms with Gasteiger partial charge in [-0.1, -0.05) is 24.9 Å². The summed E-state index contributed by atoms with van der Waals surface area (Å²) in [7, 11) is 1.48. The van der Waals surface area contributed by atoms with Crippen LogP contribution in [0.4, 0.5) is 0 Å². The standard InChI is InChI=1S/C19H21ClN2O5/c1-3-4-9-27-16-8-5-12(10-17(16)26-2)18(24)21-22-19(25)14-11-13(20)6-7-15(14)23/h5-8,10-11,23H,3-4,9H2,1-2H3,(H,21,24)(H,22,25). The van der Waals surface area contributed by atoms with Crippen molar-refractivity contribution in [1.29, 1.82) is 0 Å². The highest BCUT2D eigenvalue weighted by molar-refractivity contribution is 6.31. The second-order valence-corrected chi connectivity index (χ2v) is 6.07. The number of unbranched alkanes of at least 4 members (excludes halogenated alkanes) is 1. The summed E-state index contributed by atoms with van der Waals surface area (Å²) in [4.78, 5) is 24.3. The molecule has 0 fully saturated rings. The van der Waals surface area contributed by atoms with Crippen molar-refractivity contribution < 1.29 is 24.2 Å². The number of nitrogens with one attached hydrogen (secondary N) is 2. The number of halogens is 1. The van der Waals surface area contributed by atoms with Crippen LogP contribution in [-0.4, -0.2) is 30.6 Å². The lowest BCUT2D eigenvalue weighted by Gasteiger charge is -2.12. The average Bonchev–Trinajstić information content (AvgIpc) is 2.68. The number of ether oxygens (including phenoxy) is 2. The minimum atomic E-state index is -0.699. The molecule has 144 valence electrons. The van der Waals surface area contributed by atoms with Gasteiger partial charge in [-0.3, -0.25) is 20.4 Å². The van der Waals surface area contributed by atoms with E-state index in [1.807, 2.05) is 0 Å². The summed E-state index contributed by atoms with van der Waals surface area (Å²) in [6.07, 6.45) is 1.92. The molecule has 2 aromatic carbocycles. The highest BCUT2D eigenvalue weighted by Gasteiger charge is 2.15. The molecule has 0 radical (unpaired) electrons. The maximum Gasteiger partial charge on any atom is 0.273 e. The van der Waals surface area contributed by atoms with Crippen LogP contribution in [0.1, 0.15) is 40.5 Å². The van der Waals surface area contributed by atoms with Gasteiger partial charge in [-0.05, 0) is 42.8 Å². The second-order valence-electron chi connectivity index (χ2n) is 5.64. The number of phenols is 1. The third-order valence-corrected chi connectivity index (χ3v) is 3.91. The zero-order valence-corrected chi connectivity index (χ0v) is 15.8. The van der Waals surface area contributed by atoms with Crippen LogP contribution in [0.15, 0.2) is 36.4 Å². The quantitative estimate of drug-likeness (QED) is 0.496. The molecular formula is C19H21ClN2O5. The van der Waals surface area contributed by atoms with E-state index in [0.29, 0.717) is 18.1 Å². The molecule has 0 aliphatic carbocycles. The van der Waals surface area contributed by atoms with Crippen molar-refractivity contribution in [2.75, 3.05) is 13.7 Å². The van der Waals surface area contributed by atoms with Crippen molar-refractivity contribution >= 4 is 23.4 Å². The van der Waals surface area contributed by atoms with E-state index in [4.69, 9.17) is 21.1 Å². The summed E-state index contributed by atoms with van der Waals surface area (Å²) in [6, 6.07) is 8.74. The number of carbonyl (C=O) groups excluding carboxylic acids is 2. The lowest BCUT2D eigenvalue weighted by molar-refractivity contribution is 0.0845. The number of methoxy groups -OCH3 is 1. The van der Waals surface area contributed by atoms with Crippen LogP contribution < -0.4 is 20.3 Å². The fourth-order valence-electron chi connectivity index (χ4n) is 2.20. The minimum absolute atomic E-state index is 0.0555. The molecule has 2 aromatic rings. The molecule has 0 aliphatic rings. The van der Waals surface area contributed by atoms with Gasteiger partial charge in [0.1, 0.15) is 5.75 Å². The fraction of sp³-hybridized carbons (Fsp3) is 0.263. The third kappa shape index (κ3) is 5.52. The number of hydrogen-bond acceptors (Lipinski definition) is 5. The Morgan fingerprint density at radius 1 is 1.07 bits per heavy atom. The predicted molar refractivity (Wildman–Crippen MR) is 101 cm³/mol. The SMILES string of the molecule is CCCCOc1ccc(C(=O)NNC(=O)c2cc(Cl)ccc2O)cc1OC. The molecule has 0 saturated carbocycles. The van der Waals surface area contributed by atoms with Gasteiger partial charge >= 0.3 is 0 Å². The molecule has 3 N–H and O–H groups in total. The van der Waals surface area contributed by atoms with E-state index >= 15 is 0 Å². The Hall–Kier alpha value is -2.93. The zero-order valence-electron chi connectivity index (χ0n) is 15.0. The van der Waals surface area contributed by atoms with Crippen LogP contribution in [0, 0.1) is 0 Å². The molecule has 0 aliphatic heterocycles. The van der Waals surface area contributed by atoms with Crippen LogP contribution in [-0.2, 0) is 0 Å². The maximum absolute atomic E-state index is 12.3. The van der Waals surface area contributed by atoms with Crippen molar-refractivity contribution in [3.05, 3.63) is 52.5 Å². The number of hydrazine groups is 1. The highest BCUT2D eigenvalue weighted by atomic mass is 35.5. The normalized spacial score (nSPS) is 10.2. The van der Waals surface area contributed by atoms with Gasteiger partial charge in [0.15, 0.2) is 11.5 Å². The molecule has 0 saturated heterocycles. The Bertz CT molecular complexity index is 826. The first-order valence-electron chi connectivity index (χ1n) is 8.36. The topological polar surface area (TPSA) is 96.9 Å². The summed E-state index contributed by atoms with van der Waals surface area (Å²) < 4.78 is 10.9. The van der Waals surface area contributed by atoms with Gasteiger partial charge in [-0.2, -0.15) is 0 Å². The fourth-order valence-corrected chi connectivity index (χ4v) is 2.37. The smallest absolute Gasteiger partial charge is 0.273 e. The number of amides is 2.